The molecule has 0 heterocycles. The van der Waals surface area contributed by atoms with Gasteiger partial charge in [-0.2, -0.15) is 0 Å². The molecule has 0 amide bonds. The Labute approximate surface area is 254 Å². The van der Waals surface area contributed by atoms with E-state index >= 15 is 4.39 Å². The quantitative estimate of drug-likeness (QED) is 0.0919. The lowest BCUT2D eigenvalue weighted by Crippen LogP contribution is -2.10. The summed E-state index contributed by atoms with van der Waals surface area (Å²) in [5.74, 6) is 4.17. The highest BCUT2D eigenvalue weighted by atomic mass is 19.1. The number of benzene rings is 4. The summed E-state index contributed by atoms with van der Waals surface area (Å²) in [5.41, 5.74) is 3.70. The van der Waals surface area contributed by atoms with Gasteiger partial charge < -0.3 is 14.2 Å². The van der Waals surface area contributed by atoms with Crippen molar-refractivity contribution in [2.75, 3.05) is 0 Å². The first-order chi connectivity index (χ1) is 21.1. The Kier molecular flexibility index (Phi) is 9.69. The van der Waals surface area contributed by atoms with Crippen molar-refractivity contribution in [3.05, 3.63) is 139 Å². The standard InChI is InChI=1S/C37H27FO6/c1-6-33(39)42-30-18-14-27(15-19-30)26-11-8-25(9-12-26)10-13-29-22-32(44-37(41)23(3)4)35(36(38)24(29)5)28-16-20-31(21-17-28)43-34(40)7-2/h6-9,11-12,14-22H,1-3H2,4-5H3. The Balaban J connectivity index is 1.64. The summed E-state index contributed by atoms with van der Waals surface area (Å²) < 4.78 is 31.6. The molecule has 0 aliphatic rings. The van der Waals surface area contributed by atoms with Crippen LogP contribution >= 0.6 is 0 Å². The van der Waals surface area contributed by atoms with Crippen LogP contribution in [0.5, 0.6) is 17.2 Å². The van der Waals surface area contributed by atoms with Gasteiger partial charge in [0, 0.05) is 34.4 Å². The largest absolute Gasteiger partial charge is 0.423 e. The van der Waals surface area contributed by atoms with Crippen LogP contribution in [0.3, 0.4) is 0 Å². The van der Waals surface area contributed by atoms with E-state index in [2.05, 4.69) is 31.6 Å². The molecule has 0 spiro atoms. The molecular formula is C37H27FO6. The number of esters is 3. The predicted octanol–water partition coefficient (Wildman–Crippen LogP) is 7.53. The SMILES string of the molecule is C=CC(=O)Oc1ccc(-c2ccc(C#Cc3cc(OC(=O)C(=C)C)c(-c4ccc(OC(=O)C=C)cc4)c(F)c3C)cc2)cc1. The number of rotatable bonds is 8. The molecule has 44 heavy (non-hydrogen) atoms. The number of hydrogen-bond donors (Lipinski definition) is 0. The highest BCUT2D eigenvalue weighted by Crippen LogP contribution is 2.37. The summed E-state index contributed by atoms with van der Waals surface area (Å²) in [4.78, 5) is 35.3. The van der Waals surface area contributed by atoms with Gasteiger partial charge in [-0.25, -0.2) is 18.8 Å². The molecule has 0 aliphatic heterocycles. The fourth-order valence-electron chi connectivity index (χ4n) is 4.00. The second-order valence-electron chi connectivity index (χ2n) is 9.53. The van der Waals surface area contributed by atoms with Crippen LogP contribution in [0.15, 0.2) is 116 Å². The van der Waals surface area contributed by atoms with Crippen LogP contribution in [0.2, 0.25) is 0 Å². The van der Waals surface area contributed by atoms with Crippen LogP contribution in [0.25, 0.3) is 22.3 Å². The second-order valence-corrected chi connectivity index (χ2v) is 9.53. The van der Waals surface area contributed by atoms with Gasteiger partial charge in [-0.15, -0.1) is 0 Å². The molecule has 0 fully saturated rings. The first-order valence-electron chi connectivity index (χ1n) is 13.3. The summed E-state index contributed by atoms with van der Waals surface area (Å²) >= 11 is 0. The number of halogens is 1. The molecule has 0 bridgehead atoms. The summed E-state index contributed by atoms with van der Waals surface area (Å²) in [6.07, 6.45) is 2.13. The van der Waals surface area contributed by atoms with Crippen molar-refractivity contribution in [1.82, 2.24) is 0 Å². The van der Waals surface area contributed by atoms with Crippen molar-refractivity contribution in [3.63, 3.8) is 0 Å². The maximum absolute atomic E-state index is 15.9. The van der Waals surface area contributed by atoms with E-state index in [9.17, 15) is 14.4 Å². The van der Waals surface area contributed by atoms with Gasteiger partial charge in [-0.1, -0.05) is 68.0 Å². The fraction of sp³-hybridized carbons (Fsp3) is 0.0541. The van der Waals surface area contributed by atoms with Crippen molar-refractivity contribution in [2.45, 2.75) is 13.8 Å². The molecule has 0 saturated carbocycles. The van der Waals surface area contributed by atoms with E-state index in [0.717, 1.165) is 23.3 Å². The van der Waals surface area contributed by atoms with Crippen LogP contribution in [-0.4, -0.2) is 17.9 Å². The lowest BCUT2D eigenvalue weighted by atomic mass is 9.97. The minimum absolute atomic E-state index is 0.0289. The minimum Gasteiger partial charge on any atom is -0.423 e. The number of hydrogen-bond acceptors (Lipinski definition) is 6. The highest BCUT2D eigenvalue weighted by Gasteiger charge is 2.20. The van der Waals surface area contributed by atoms with Gasteiger partial charge in [0.15, 0.2) is 0 Å². The van der Waals surface area contributed by atoms with Crippen LogP contribution < -0.4 is 14.2 Å². The molecule has 6 nitrogen and oxygen atoms in total. The number of ether oxygens (including phenoxy) is 3. The monoisotopic (exact) mass is 586 g/mol. The van der Waals surface area contributed by atoms with Crippen LogP contribution in [-0.2, 0) is 14.4 Å². The third-order valence-electron chi connectivity index (χ3n) is 6.35. The zero-order valence-corrected chi connectivity index (χ0v) is 24.1. The van der Waals surface area contributed by atoms with Gasteiger partial charge in [0.2, 0.25) is 0 Å². The van der Waals surface area contributed by atoms with Crippen LogP contribution in [0.1, 0.15) is 23.6 Å². The Bertz CT molecular complexity index is 1840. The van der Waals surface area contributed by atoms with Crippen molar-refractivity contribution in [3.8, 4) is 51.3 Å². The Morgan fingerprint density at radius 1 is 0.727 bits per heavy atom. The van der Waals surface area contributed by atoms with E-state index in [0.29, 0.717) is 22.4 Å². The molecule has 218 valence electrons. The van der Waals surface area contributed by atoms with E-state index in [1.165, 1.54) is 25.1 Å². The van der Waals surface area contributed by atoms with Crippen molar-refractivity contribution in [1.29, 1.82) is 0 Å². The van der Waals surface area contributed by atoms with Gasteiger partial charge >= 0.3 is 17.9 Å². The highest BCUT2D eigenvalue weighted by molar-refractivity contribution is 5.90. The van der Waals surface area contributed by atoms with Gasteiger partial charge in [-0.05, 0) is 73.0 Å². The lowest BCUT2D eigenvalue weighted by molar-refractivity contribution is -0.130. The molecule has 0 aliphatic carbocycles. The van der Waals surface area contributed by atoms with Crippen molar-refractivity contribution in [2.24, 2.45) is 0 Å². The molecule has 7 heteroatoms. The lowest BCUT2D eigenvalue weighted by Gasteiger charge is -2.15. The molecule has 0 radical (unpaired) electrons. The van der Waals surface area contributed by atoms with E-state index in [1.807, 2.05) is 36.4 Å². The average Bonchev–Trinajstić information content (AvgIpc) is 3.03. The van der Waals surface area contributed by atoms with Crippen molar-refractivity contribution >= 4 is 17.9 Å². The molecular weight excluding hydrogens is 559 g/mol. The molecule has 0 N–H and O–H groups in total. The Morgan fingerprint density at radius 3 is 1.68 bits per heavy atom. The van der Waals surface area contributed by atoms with Gasteiger partial charge in [0.1, 0.15) is 23.1 Å². The summed E-state index contributed by atoms with van der Waals surface area (Å²) in [6.45, 7) is 13.4. The van der Waals surface area contributed by atoms with Gasteiger partial charge in [0.05, 0.1) is 5.56 Å². The fourth-order valence-corrected chi connectivity index (χ4v) is 4.00. The molecule has 0 saturated heterocycles. The Hall–Kier alpha value is -6.00. The first kappa shape index (κ1) is 30.9. The molecule has 0 aromatic heterocycles. The topological polar surface area (TPSA) is 78.9 Å². The summed E-state index contributed by atoms with van der Waals surface area (Å²) in [7, 11) is 0. The number of carbonyl (C=O) groups excluding carboxylic acids is 3. The first-order valence-corrected chi connectivity index (χ1v) is 13.3. The maximum atomic E-state index is 15.9. The Morgan fingerprint density at radius 2 is 1.20 bits per heavy atom. The van der Waals surface area contributed by atoms with Crippen LogP contribution in [0, 0.1) is 24.6 Å². The zero-order valence-electron chi connectivity index (χ0n) is 24.1. The molecule has 4 aromatic carbocycles. The summed E-state index contributed by atoms with van der Waals surface area (Å²) in [5, 5.41) is 0. The van der Waals surface area contributed by atoms with E-state index in [1.54, 1.807) is 31.2 Å². The van der Waals surface area contributed by atoms with Gasteiger partial charge in [0.25, 0.3) is 0 Å². The molecule has 0 unspecified atom stereocenters. The van der Waals surface area contributed by atoms with Gasteiger partial charge in [-0.3, -0.25) is 0 Å². The smallest absolute Gasteiger partial charge is 0.338 e. The number of carbonyl (C=O) groups is 3. The zero-order chi connectivity index (χ0) is 31.8. The van der Waals surface area contributed by atoms with Crippen LogP contribution in [0.4, 0.5) is 4.39 Å². The minimum atomic E-state index is -0.715. The third-order valence-corrected chi connectivity index (χ3v) is 6.35. The molecule has 0 atom stereocenters. The molecule has 4 rings (SSSR count). The third kappa shape index (κ3) is 7.44. The average molecular weight is 587 g/mol. The van der Waals surface area contributed by atoms with E-state index in [-0.39, 0.29) is 28.2 Å². The maximum Gasteiger partial charge on any atom is 0.338 e. The second kappa shape index (κ2) is 13.8. The normalized spacial score (nSPS) is 10.1. The van der Waals surface area contributed by atoms with Crippen molar-refractivity contribution < 1.29 is 33.0 Å². The van der Waals surface area contributed by atoms with E-state index in [4.69, 9.17) is 14.2 Å². The summed E-state index contributed by atoms with van der Waals surface area (Å²) in [6, 6.07) is 22.1. The van der Waals surface area contributed by atoms with E-state index < -0.39 is 23.7 Å². The predicted molar refractivity (Wildman–Crippen MR) is 167 cm³/mol. The molecule has 4 aromatic rings.